The molecule has 2 bridgehead atoms. The second-order valence-electron chi connectivity index (χ2n) is 6.69. The quantitative estimate of drug-likeness (QED) is 0.438. The van der Waals surface area contributed by atoms with Gasteiger partial charge in [-0.2, -0.15) is 0 Å². The summed E-state index contributed by atoms with van der Waals surface area (Å²) in [4.78, 5) is 49.3. The largest absolute Gasteiger partial charge is 0.469 e. The minimum Gasteiger partial charge on any atom is -0.469 e. The molecule has 7 nitrogen and oxygen atoms in total. The first-order valence-corrected chi connectivity index (χ1v) is 7.47. The van der Waals surface area contributed by atoms with E-state index in [0.29, 0.717) is 0 Å². The average molecular weight is 321 g/mol. The molecule has 6 atom stereocenters. The molecule has 1 aliphatic heterocycles. The highest BCUT2D eigenvalue weighted by Gasteiger charge is 2.70. The second kappa shape index (κ2) is 4.91. The number of amides is 2. The Hall–Kier alpha value is -2.18. The van der Waals surface area contributed by atoms with Crippen LogP contribution in [0.15, 0.2) is 11.6 Å². The average Bonchev–Trinajstić information content (AvgIpc) is 2.81. The summed E-state index contributed by atoms with van der Waals surface area (Å²) in [5, 5.41) is 2.34. The van der Waals surface area contributed by atoms with Crippen molar-refractivity contribution in [2.75, 3.05) is 14.2 Å². The Morgan fingerprint density at radius 2 is 1.70 bits per heavy atom. The van der Waals surface area contributed by atoms with Crippen LogP contribution in [0.5, 0.6) is 0 Å². The van der Waals surface area contributed by atoms with Crippen LogP contribution < -0.4 is 5.32 Å². The van der Waals surface area contributed by atoms with Crippen LogP contribution in [0.1, 0.15) is 13.8 Å². The molecule has 4 rings (SSSR count). The molecule has 4 aliphatic rings. The van der Waals surface area contributed by atoms with Crippen LogP contribution in [-0.4, -0.2) is 38.0 Å². The third-order valence-corrected chi connectivity index (χ3v) is 5.66. The Bertz CT molecular complexity index is 653. The Labute approximate surface area is 133 Å². The smallest absolute Gasteiger partial charge is 0.310 e. The van der Waals surface area contributed by atoms with Crippen LogP contribution in [-0.2, 0) is 28.7 Å². The normalized spacial score (nSPS) is 41.0. The number of carbonyl (C=O) groups is 4. The number of carbonyl (C=O) groups excluding carboxylic acids is 4. The van der Waals surface area contributed by atoms with Crippen LogP contribution in [0.25, 0.3) is 0 Å². The molecule has 1 saturated heterocycles. The summed E-state index contributed by atoms with van der Waals surface area (Å²) < 4.78 is 9.77. The zero-order valence-electron chi connectivity index (χ0n) is 13.4. The van der Waals surface area contributed by atoms with Crippen molar-refractivity contribution in [1.82, 2.24) is 5.32 Å². The lowest BCUT2D eigenvalue weighted by Gasteiger charge is -2.55. The van der Waals surface area contributed by atoms with Crippen molar-refractivity contribution >= 4 is 23.8 Å². The van der Waals surface area contributed by atoms with Crippen LogP contribution >= 0.6 is 0 Å². The Morgan fingerprint density at radius 3 is 2.26 bits per heavy atom. The molecule has 0 unspecified atom stereocenters. The lowest BCUT2D eigenvalue weighted by molar-refractivity contribution is -0.177. The van der Waals surface area contributed by atoms with Gasteiger partial charge in [0.2, 0.25) is 11.8 Å². The van der Waals surface area contributed by atoms with Crippen molar-refractivity contribution in [1.29, 1.82) is 0 Å². The van der Waals surface area contributed by atoms with Gasteiger partial charge in [-0.3, -0.25) is 24.5 Å². The fraction of sp³-hybridized carbons (Fsp3) is 0.625. The molecule has 1 N–H and O–H groups in total. The zero-order valence-corrected chi connectivity index (χ0v) is 13.4. The molecule has 0 radical (unpaired) electrons. The monoisotopic (exact) mass is 321 g/mol. The summed E-state index contributed by atoms with van der Waals surface area (Å²) >= 11 is 0. The number of allylic oxidation sites excluding steroid dienone is 2. The summed E-state index contributed by atoms with van der Waals surface area (Å²) in [5.41, 5.74) is -0.139. The molecular weight excluding hydrogens is 302 g/mol. The van der Waals surface area contributed by atoms with E-state index in [1.54, 1.807) is 6.92 Å². The summed E-state index contributed by atoms with van der Waals surface area (Å²) in [5.74, 6) is -5.46. The van der Waals surface area contributed by atoms with E-state index in [0.717, 1.165) is 5.57 Å². The molecule has 2 amide bonds. The van der Waals surface area contributed by atoms with Gasteiger partial charge in [-0.25, -0.2) is 0 Å². The topological polar surface area (TPSA) is 98.8 Å². The van der Waals surface area contributed by atoms with Gasteiger partial charge in [-0.05, 0) is 6.92 Å². The Morgan fingerprint density at radius 1 is 1.09 bits per heavy atom. The molecule has 0 spiro atoms. The van der Waals surface area contributed by atoms with Crippen molar-refractivity contribution in [2.45, 2.75) is 13.8 Å². The number of rotatable bonds is 2. The summed E-state index contributed by atoms with van der Waals surface area (Å²) in [7, 11) is 2.49. The molecule has 23 heavy (non-hydrogen) atoms. The first-order chi connectivity index (χ1) is 10.8. The van der Waals surface area contributed by atoms with Crippen molar-refractivity contribution in [3.05, 3.63) is 11.6 Å². The van der Waals surface area contributed by atoms with Crippen LogP contribution in [0.4, 0.5) is 0 Å². The van der Waals surface area contributed by atoms with Crippen molar-refractivity contribution in [3.8, 4) is 0 Å². The third-order valence-electron chi connectivity index (χ3n) is 5.66. The first kappa shape index (κ1) is 15.7. The molecule has 124 valence electrons. The lowest BCUT2D eigenvalue weighted by Crippen LogP contribution is -2.61. The Balaban J connectivity index is 2.23. The van der Waals surface area contributed by atoms with E-state index in [-0.39, 0.29) is 5.91 Å². The van der Waals surface area contributed by atoms with Crippen molar-refractivity contribution < 1.29 is 28.7 Å². The van der Waals surface area contributed by atoms with E-state index >= 15 is 0 Å². The standard InChI is InChI=1S/C16H19NO6/c1-6-5-16(2)10-8(12(18)17-13(10)19)7(6)9(14(20)22-3)11(16)15(21)23-4/h5,7-11H,1-4H3,(H,17,18,19)/t7-,8+,9+,10-,11+,16+/m0/s1. The molecular formula is C16H19NO6. The maximum atomic E-state index is 12.4. The van der Waals surface area contributed by atoms with Gasteiger partial charge in [-0.15, -0.1) is 0 Å². The summed E-state index contributed by atoms with van der Waals surface area (Å²) in [6.45, 7) is 3.55. The van der Waals surface area contributed by atoms with Gasteiger partial charge in [0.25, 0.3) is 0 Å². The highest BCUT2D eigenvalue weighted by molar-refractivity contribution is 6.07. The highest BCUT2D eigenvalue weighted by Crippen LogP contribution is 2.62. The van der Waals surface area contributed by atoms with E-state index in [2.05, 4.69) is 5.32 Å². The van der Waals surface area contributed by atoms with Gasteiger partial charge in [0.05, 0.1) is 37.9 Å². The molecule has 1 saturated carbocycles. The maximum absolute atomic E-state index is 12.4. The number of methoxy groups -OCH3 is 2. The van der Waals surface area contributed by atoms with Gasteiger partial charge >= 0.3 is 11.9 Å². The molecule has 2 fully saturated rings. The molecule has 0 aromatic carbocycles. The lowest BCUT2D eigenvalue weighted by atomic mass is 9.45. The fourth-order valence-corrected chi connectivity index (χ4v) is 4.93. The van der Waals surface area contributed by atoms with Gasteiger partial charge in [0.15, 0.2) is 0 Å². The van der Waals surface area contributed by atoms with E-state index in [1.807, 2.05) is 13.0 Å². The number of hydrogen-bond acceptors (Lipinski definition) is 6. The van der Waals surface area contributed by atoms with E-state index in [4.69, 9.17) is 9.47 Å². The van der Waals surface area contributed by atoms with Crippen molar-refractivity contribution in [3.63, 3.8) is 0 Å². The van der Waals surface area contributed by atoms with Gasteiger partial charge in [0, 0.05) is 11.3 Å². The number of imide groups is 1. The second-order valence-corrected chi connectivity index (χ2v) is 6.69. The number of esters is 2. The summed E-state index contributed by atoms with van der Waals surface area (Å²) in [6.07, 6.45) is 1.85. The predicted octanol–water partition coefficient (Wildman–Crippen LogP) is 0.0496. The minimum absolute atomic E-state index is 0.388. The molecule has 0 aromatic rings. The van der Waals surface area contributed by atoms with Crippen LogP contribution in [0, 0.1) is 35.0 Å². The highest BCUT2D eigenvalue weighted by atomic mass is 16.5. The number of hydrogen-bond donors (Lipinski definition) is 1. The van der Waals surface area contributed by atoms with E-state index < -0.39 is 52.9 Å². The third kappa shape index (κ3) is 1.82. The minimum atomic E-state index is -0.967. The van der Waals surface area contributed by atoms with E-state index in [9.17, 15) is 19.2 Å². The van der Waals surface area contributed by atoms with Gasteiger partial charge in [0.1, 0.15) is 0 Å². The molecule has 3 aliphatic carbocycles. The molecule has 7 heteroatoms. The van der Waals surface area contributed by atoms with Crippen molar-refractivity contribution in [2.24, 2.45) is 35.0 Å². The van der Waals surface area contributed by atoms with Crippen LogP contribution in [0.3, 0.4) is 0 Å². The zero-order chi connectivity index (χ0) is 17.1. The predicted molar refractivity (Wildman–Crippen MR) is 76.5 cm³/mol. The van der Waals surface area contributed by atoms with Gasteiger partial charge < -0.3 is 9.47 Å². The number of fused-ring (bicyclic) bond motifs is 1. The maximum Gasteiger partial charge on any atom is 0.310 e. The molecule has 1 heterocycles. The first-order valence-electron chi connectivity index (χ1n) is 7.47. The van der Waals surface area contributed by atoms with Gasteiger partial charge in [-0.1, -0.05) is 18.6 Å². The van der Waals surface area contributed by atoms with Crippen LogP contribution in [0.2, 0.25) is 0 Å². The SMILES string of the molecule is COC(=O)[C@@H]1[C@H]2C(C)=C[C@](C)([C@@H]3C(=O)NC(=O)[C@H]23)[C@H]1C(=O)OC. The number of ether oxygens (including phenoxy) is 2. The molecule has 0 aromatic heterocycles. The van der Waals surface area contributed by atoms with E-state index in [1.165, 1.54) is 14.2 Å². The number of nitrogens with one attached hydrogen (secondary N) is 1. The fourth-order valence-electron chi connectivity index (χ4n) is 4.93. The Kier molecular flexibility index (Phi) is 3.35. The summed E-state index contributed by atoms with van der Waals surface area (Å²) in [6, 6.07) is 0.